The summed E-state index contributed by atoms with van der Waals surface area (Å²) in [6.45, 7) is 2.67. The molecule has 1 amide bonds. The van der Waals surface area contributed by atoms with Crippen LogP contribution in [0.15, 0.2) is 82.7 Å². The predicted octanol–water partition coefficient (Wildman–Crippen LogP) is 7.15. The molecule has 0 aromatic heterocycles. The molecule has 39 heavy (non-hydrogen) atoms. The van der Waals surface area contributed by atoms with Gasteiger partial charge in [0.1, 0.15) is 24.8 Å². The van der Waals surface area contributed by atoms with Crippen LogP contribution in [0.1, 0.15) is 18.1 Å². The molecule has 0 atom stereocenters. The molecule has 1 N–H and O–H groups in total. The number of nitrogens with one attached hydrogen (secondary N) is 1. The molecule has 3 aromatic rings. The minimum Gasteiger partial charge on any atom is -0.490 e. The van der Waals surface area contributed by atoms with Gasteiger partial charge >= 0.3 is 0 Å². The highest BCUT2D eigenvalue weighted by molar-refractivity contribution is 8.17. The van der Waals surface area contributed by atoms with Crippen LogP contribution in [-0.4, -0.2) is 41.6 Å². The Hall–Kier alpha value is -3.72. The van der Waals surface area contributed by atoms with Gasteiger partial charge in [0.25, 0.3) is 5.91 Å². The fourth-order valence-electron chi connectivity index (χ4n) is 4.01. The van der Waals surface area contributed by atoms with E-state index in [1.807, 2.05) is 54.8 Å². The number of benzene rings is 3. The predicted molar refractivity (Wildman–Crippen MR) is 157 cm³/mol. The maximum atomic E-state index is 12.9. The summed E-state index contributed by atoms with van der Waals surface area (Å²) < 4.78 is 17.4. The molecule has 0 spiro atoms. The van der Waals surface area contributed by atoms with E-state index in [1.165, 1.54) is 11.8 Å². The molecule has 2 heterocycles. The SMILES string of the molecule is CCOc1cc(/C=C2/C(=N)N3C(c4ccccc4)=CSC3=NC2=O)cc(Cl)c1OCCOc1ccccc1Cl. The average Bonchev–Trinajstić information content (AvgIpc) is 3.35. The Morgan fingerprint density at radius 3 is 2.46 bits per heavy atom. The number of carbonyl (C=O) groups excluding carboxylic acids is 1. The summed E-state index contributed by atoms with van der Waals surface area (Å²) in [6, 6.07) is 20.3. The van der Waals surface area contributed by atoms with E-state index in [2.05, 4.69) is 4.99 Å². The van der Waals surface area contributed by atoms with Crippen molar-refractivity contribution in [1.82, 2.24) is 4.90 Å². The number of ether oxygens (including phenoxy) is 3. The molecule has 0 saturated carbocycles. The molecule has 5 rings (SSSR count). The lowest BCUT2D eigenvalue weighted by Crippen LogP contribution is -2.38. The molecule has 7 nitrogen and oxygen atoms in total. The molecule has 198 valence electrons. The molecule has 0 radical (unpaired) electrons. The number of rotatable bonds is 9. The molecule has 0 unspecified atom stereocenters. The molecule has 10 heteroatoms. The highest BCUT2D eigenvalue weighted by Gasteiger charge is 2.36. The maximum absolute atomic E-state index is 12.9. The van der Waals surface area contributed by atoms with Gasteiger partial charge in [-0.2, -0.15) is 4.99 Å². The number of nitrogens with zero attached hydrogens (tertiary/aromatic N) is 2. The van der Waals surface area contributed by atoms with E-state index in [4.69, 9.17) is 42.8 Å². The number of amidine groups is 2. The first-order valence-electron chi connectivity index (χ1n) is 12.1. The van der Waals surface area contributed by atoms with Crippen LogP contribution in [0.3, 0.4) is 0 Å². The van der Waals surface area contributed by atoms with Crippen molar-refractivity contribution >= 4 is 63.6 Å². The van der Waals surface area contributed by atoms with Crippen LogP contribution in [0.25, 0.3) is 11.8 Å². The van der Waals surface area contributed by atoms with Crippen molar-refractivity contribution in [1.29, 1.82) is 5.41 Å². The number of aliphatic imine (C=N–C) groups is 1. The minimum atomic E-state index is -0.493. The molecule has 2 aliphatic heterocycles. The monoisotopic (exact) mass is 579 g/mol. The lowest BCUT2D eigenvalue weighted by molar-refractivity contribution is -0.114. The second kappa shape index (κ2) is 12.0. The molecular weight excluding hydrogens is 557 g/mol. The van der Waals surface area contributed by atoms with E-state index >= 15 is 0 Å². The van der Waals surface area contributed by atoms with E-state index in [1.54, 1.807) is 35.2 Å². The first kappa shape index (κ1) is 26.9. The van der Waals surface area contributed by atoms with E-state index in [0.29, 0.717) is 44.6 Å². The van der Waals surface area contributed by atoms with Gasteiger partial charge in [0.2, 0.25) is 0 Å². The highest BCUT2D eigenvalue weighted by atomic mass is 35.5. The zero-order valence-electron chi connectivity index (χ0n) is 20.8. The Bertz CT molecular complexity index is 1520. The quantitative estimate of drug-likeness (QED) is 0.214. The molecule has 3 aromatic carbocycles. The summed E-state index contributed by atoms with van der Waals surface area (Å²) in [5.41, 5.74) is 2.43. The fraction of sp³-hybridized carbons (Fsp3) is 0.138. The van der Waals surface area contributed by atoms with Crippen molar-refractivity contribution in [3.8, 4) is 17.2 Å². The Labute approximate surface area is 240 Å². The summed E-state index contributed by atoms with van der Waals surface area (Å²) in [6.07, 6.45) is 1.59. The van der Waals surface area contributed by atoms with Gasteiger partial charge in [-0.15, -0.1) is 0 Å². The zero-order chi connectivity index (χ0) is 27.4. The van der Waals surface area contributed by atoms with Crippen LogP contribution >= 0.6 is 35.0 Å². The van der Waals surface area contributed by atoms with Crippen molar-refractivity contribution in [2.75, 3.05) is 19.8 Å². The van der Waals surface area contributed by atoms with Crippen molar-refractivity contribution < 1.29 is 19.0 Å². The lowest BCUT2D eigenvalue weighted by atomic mass is 10.1. The number of halogens is 2. The summed E-state index contributed by atoms with van der Waals surface area (Å²) in [7, 11) is 0. The Morgan fingerprint density at radius 2 is 1.69 bits per heavy atom. The molecule has 0 fully saturated rings. The second-order valence-corrected chi connectivity index (χ2v) is 9.97. The number of amides is 1. The lowest BCUT2D eigenvalue weighted by Gasteiger charge is -2.27. The van der Waals surface area contributed by atoms with Gasteiger partial charge in [0, 0.05) is 5.41 Å². The van der Waals surface area contributed by atoms with Crippen LogP contribution < -0.4 is 14.2 Å². The molecule has 0 bridgehead atoms. The molecule has 0 saturated heterocycles. The third-order valence-electron chi connectivity index (χ3n) is 5.75. The van der Waals surface area contributed by atoms with Gasteiger partial charge in [-0.05, 0) is 48.4 Å². The summed E-state index contributed by atoms with van der Waals surface area (Å²) >= 11 is 14.0. The topological polar surface area (TPSA) is 84.2 Å². The summed E-state index contributed by atoms with van der Waals surface area (Å²) in [5, 5.41) is 12.0. The number of thioether (sulfide) groups is 1. The van der Waals surface area contributed by atoms with E-state index in [0.717, 1.165) is 11.3 Å². The van der Waals surface area contributed by atoms with Crippen LogP contribution in [0.4, 0.5) is 0 Å². The number of hydrogen-bond donors (Lipinski definition) is 1. The zero-order valence-corrected chi connectivity index (χ0v) is 23.1. The smallest absolute Gasteiger partial charge is 0.283 e. The Morgan fingerprint density at radius 1 is 0.949 bits per heavy atom. The van der Waals surface area contributed by atoms with Crippen molar-refractivity contribution in [2.45, 2.75) is 6.92 Å². The van der Waals surface area contributed by atoms with Crippen LogP contribution in [0.2, 0.25) is 10.0 Å². The third kappa shape index (κ3) is 5.83. The number of para-hydroxylation sites is 1. The van der Waals surface area contributed by atoms with Gasteiger partial charge in [0.05, 0.1) is 27.9 Å². The fourth-order valence-corrected chi connectivity index (χ4v) is 5.37. The van der Waals surface area contributed by atoms with E-state index in [-0.39, 0.29) is 24.6 Å². The van der Waals surface area contributed by atoms with Crippen LogP contribution in [0, 0.1) is 5.41 Å². The van der Waals surface area contributed by atoms with Gasteiger partial charge in [-0.1, -0.05) is 77.4 Å². The van der Waals surface area contributed by atoms with E-state index in [9.17, 15) is 4.79 Å². The standard InChI is InChI=1S/C29H23Cl2N3O4S/c1-2-36-25-16-18(15-22(31)26(25)38-13-12-37-24-11-7-6-10-21(24)30)14-20-27(32)34-23(19-8-4-3-5-9-19)17-39-29(34)33-28(20)35/h3-11,14-17,32H,2,12-13H2,1H3/b20-14-,32-27?. The Kier molecular flexibility index (Phi) is 8.26. The van der Waals surface area contributed by atoms with Gasteiger partial charge in [-0.25, -0.2) is 0 Å². The largest absolute Gasteiger partial charge is 0.490 e. The number of fused-ring (bicyclic) bond motifs is 1. The second-order valence-electron chi connectivity index (χ2n) is 8.32. The van der Waals surface area contributed by atoms with Crippen molar-refractivity contribution in [3.05, 3.63) is 98.9 Å². The van der Waals surface area contributed by atoms with Gasteiger partial charge in [-0.3, -0.25) is 15.1 Å². The first-order valence-corrected chi connectivity index (χ1v) is 13.7. The Balaban J connectivity index is 1.36. The van der Waals surface area contributed by atoms with Crippen molar-refractivity contribution in [2.24, 2.45) is 4.99 Å². The highest BCUT2D eigenvalue weighted by Crippen LogP contribution is 2.40. The third-order valence-corrected chi connectivity index (χ3v) is 7.17. The molecule has 2 aliphatic rings. The van der Waals surface area contributed by atoms with Gasteiger partial charge < -0.3 is 14.2 Å². The molecule has 0 aliphatic carbocycles. The number of carbonyl (C=O) groups is 1. The molecular formula is C29H23Cl2N3O4S. The van der Waals surface area contributed by atoms with E-state index < -0.39 is 5.91 Å². The normalized spacial score (nSPS) is 15.7. The summed E-state index contributed by atoms with van der Waals surface area (Å²) in [5.74, 6) is 0.881. The van der Waals surface area contributed by atoms with Crippen molar-refractivity contribution in [3.63, 3.8) is 0 Å². The first-order chi connectivity index (χ1) is 19.0. The summed E-state index contributed by atoms with van der Waals surface area (Å²) in [4.78, 5) is 18.8. The number of hydrogen-bond acceptors (Lipinski definition) is 6. The van der Waals surface area contributed by atoms with Gasteiger partial charge in [0.15, 0.2) is 16.7 Å². The average molecular weight is 580 g/mol. The maximum Gasteiger partial charge on any atom is 0.283 e. The van der Waals surface area contributed by atoms with Crippen LogP contribution in [0.5, 0.6) is 17.2 Å². The van der Waals surface area contributed by atoms with Crippen LogP contribution in [-0.2, 0) is 4.79 Å². The minimum absolute atomic E-state index is 0.0382.